The van der Waals surface area contributed by atoms with Gasteiger partial charge in [0.2, 0.25) is 0 Å². The minimum Gasteiger partial charge on any atom is -0.303 e. The molecule has 1 N–H and O–H groups in total. The van der Waals surface area contributed by atoms with Gasteiger partial charge >= 0.3 is 0 Å². The van der Waals surface area contributed by atoms with Crippen molar-refractivity contribution in [3.05, 3.63) is 50.2 Å². The molecule has 3 rings (SSSR count). The molecule has 2 aromatic rings. The highest BCUT2D eigenvalue weighted by atomic mass is 35.5. The van der Waals surface area contributed by atoms with Gasteiger partial charge in [0.1, 0.15) is 0 Å². The summed E-state index contributed by atoms with van der Waals surface area (Å²) in [5, 5.41) is 9.46. The van der Waals surface area contributed by atoms with Crippen molar-refractivity contribution in [3.63, 3.8) is 0 Å². The quantitative estimate of drug-likeness (QED) is 0.773. The highest BCUT2D eigenvalue weighted by molar-refractivity contribution is 6.48. The molecule has 0 radical (unpaired) electrons. The maximum absolute atomic E-state index is 6.34. The summed E-state index contributed by atoms with van der Waals surface area (Å²) in [6, 6.07) is 4.09. The molecule has 2 atom stereocenters. The number of nitrogens with zero attached hydrogens (tertiary/aromatic N) is 2. The lowest BCUT2D eigenvalue weighted by Crippen LogP contribution is -2.28. The van der Waals surface area contributed by atoms with Crippen molar-refractivity contribution in [2.45, 2.75) is 38.3 Å². The van der Waals surface area contributed by atoms with Crippen LogP contribution in [0.4, 0.5) is 0 Å². The minimum atomic E-state index is 0.0819. The van der Waals surface area contributed by atoms with Crippen LogP contribution in [-0.4, -0.2) is 9.78 Å². The van der Waals surface area contributed by atoms with Crippen molar-refractivity contribution in [1.29, 1.82) is 0 Å². The van der Waals surface area contributed by atoms with Gasteiger partial charge in [0, 0.05) is 30.4 Å². The number of rotatable bonds is 3. The molecule has 1 aromatic carbocycles. The molecule has 0 saturated carbocycles. The highest BCUT2D eigenvalue weighted by Crippen LogP contribution is 2.37. The molecule has 118 valence electrons. The van der Waals surface area contributed by atoms with Gasteiger partial charge < -0.3 is 5.32 Å². The van der Waals surface area contributed by atoms with Gasteiger partial charge in [-0.2, -0.15) is 5.10 Å². The van der Waals surface area contributed by atoms with Gasteiger partial charge in [-0.3, -0.25) is 4.68 Å². The van der Waals surface area contributed by atoms with E-state index in [1.54, 1.807) is 6.07 Å². The third-order valence-corrected chi connectivity index (χ3v) is 5.67. The lowest BCUT2D eigenvalue weighted by Gasteiger charge is -2.28. The summed E-state index contributed by atoms with van der Waals surface area (Å²) in [6.07, 6.45) is 5.31. The molecular weight excluding hydrogens is 341 g/mol. The molecule has 1 aromatic heterocycles. The van der Waals surface area contributed by atoms with Crippen LogP contribution in [0.15, 0.2) is 18.3 Å². The number of nitrogens with one attached hydrogen (secondary N) is 1. The first kappa shape index (κ1) is 16.1. The summed E-state index contributed by atoms with van der Waals surface area (Å²) in [5.74, 6) is 0. The van der Waals surface area contributed by atoms with Crippen molar-refractivity contribution < 1.29 is 0 Å². The highest BCUT2D eigenvalue weighted by Gasteiger charge is 2.25. The van der Waals surface area contributed by atoms with Crippen LogP contribution in [0.2, 0.25) is 15.1 Å². The predicted molar refractivity (Wildman–Crippen MR) is 91.9 cm³/mol. The molecule has 1 aliphatic rings. The molecular formula is C16H18Cl3N3. The van der Waals surface area contributed by atoms with Gasteiger partial charge in [0.15, 0.2) is 0 Å². The normalized spacial score (nSPS) is 19.0. The molecule has 0 amide bonds. The Morgan fingerprint density at radius 3 is 2.82 bits per heavy atom. The van der Waals surface area contributed by atoms with Crippen LogP contribution >= 0.6 is 34.8 Å². The summed E-state index contributed by atoms with van der Waals surface area (Å²) in [6.45, 7) is 2.09. The first-order valence-corrected chi connectivity index (χ1v) is 8.52. The Morgan fingerprint density at radius 1 is 1.27 bits per heavy atom. The fourth-order valence-corrected chi connectivity index (χ4v) is 3.85. The number of hydrogen-bond acceptors (Lipinski definition) is 2. The largest absolute Gasteiger partial charge is 0.303 e. The number of aromatic nitrogens is 2. The molecule has 22 heavy (non-hydrogen) atoms. The lowest BCUT2D eigenvalue weighted by atomic mass is 9.92. The summed E-state index contributed by atoms with van der Waals surface area (Å²) in [5.41, 5.74) is 3.57. The Morgan fingerprint density at radius 2 is 2.05 bits per heavy atom. The molecule has 0 fully saturated rings. The SMILES string of the molecule is C[C@H](N[C@@H]1CCCc2c1cnn2C)c1ccc(Cl)c(Cl)c1Cl. The van der Waals surface area contributed by atoms with E-state index in [-0.39, 0.29) is 12.1 Å². The van der Waals surface area contributed by atoms with Crippen LogP contribution in [-0.2, 0) is 13.5 Å². The summed E-state index contributed by atoms with van der Waals surface area (Å²) >= 11 is 18.5. The average molecular weight is 359 g/mol. The molecule has 0 bridgehead atoms. The van der Waals surface area contributed by atoms with E-state index in [1.165, 1.54) is 11.3 Å². The Hall–Kier alpha value is -0.740. The van der Waals surface area contributed by atoms with Crippen LogP contribution in [0, 0.1) is 0 Å². The van der Waals surface area contributed by atoms with E-state index < -0.39 is 0 Å². The van der Waals surface area contributed by atoms with Crippen LogP contribution < -0.4 is 5.32 Å². The Bertz CT molecular complexity index is 696. The van der Waals surface area contributed by atoms with Gasteiger partial charge in [0.05, 0.1) is 21.3 Å². The van der Waals surface area contributed by atoms with Crippen molar-refractivity contribution >= 4 is 34.8 Å². The van der Waals surface area contributed by atoms with Crippen LogP contribution in [0.5, 0.6) is 0 Å². The summed E-state index contributed by atoms with van der Waals surface area (Å²) < 4.78 is 1.97. The van der Waals surface area contributed by atoms with Gasteiger partial charge in [-0.25, -0.2) is 0 Å². The maximum Gasteiger partial charge on any atom is 0.0781 e. The second kappa shape index (κ2) is 6.40. The van der Waals surface area contributed by atoms with E-state index in [0.717, 1.165) is 24.8 Å². The van der Waals surface area contributed by atoms with Crippen LogP contribution in [0.25, 0.3) is 0 Å². The third kappa shape index (κ3) is 2.88. The molecule has 1 heterocycles. The van der Waals surface area contributed by atoms with Crippen molar-refractivity contribution in [1.82, 2.24) is 15.1 Å². The van der Waals surface area contributed by atoms with Crippen LogP contribution in [0.1, 0.15) is 48.7 Å². The fraction of sp³-hybridized carbons (Fsp3) is 0.438. The third-order valence-electron chi connectivity index (χ3n) is 4.36. The molecule has 3 nitrogen and oxygen atoms in total. The first-order valence-electron chi connectivity index (χ1n) is 7.39. The second-order valence-corrected chi connectivity index (χ2v) is 6.93. The molecule has 0 saturated heterocycles. The number of benzene rings is 1. The molecule has 0 spiro atoms. The summed E-state index contributed by atoms with van der Waals surface area (Å²) in [7, 11) is 2.00. The smallest absolute Gasteiger partial charge is 0.0781 e. The second-order valence-electron chi connectivity index (χ2n) is 5.77. The predicted octanol–water partition coefficient (Wildman–Crippen LogP) is 5.11. The van der Waals surface area contributed by atoms with E-state index in [2.05, 4.69) is 17.3 Å². The van der Waals surface area contributed by atoms with Crippen LogP contribution in [0.3, 0.4) is 0 Å². The topological polar surface area (TPSA) is 29.9 Å². The van der Waals surface area contributed by atoms with E-state index in [4.69, 9.17) is 34.8 Å². The minimum absolute atomic E-state index is 0.0819. The van der Waals surface area contributed by atoms with E-state index in [0.29, 0.717) is 15.1 Å². The Labute approximate surface area is 145 Å². The molecule has 6 heteroatoms. The fourth-order valence-electron chi connectivity index (χ4n) is 3.15. The Balaban J connectivity index is 1.84. The summed E-state index contributed by atoms with van der Waals surface area (Å²) in [4.78, 5) is 0. The number of halogens is 3. The van der Waals surface area contributed by atoms with Gasteiger partial charge in [0.25, 0.3) is 0 Å². The zero-order valence-corrected chi connectivity index (χ0v) is 14.8. The average Bonchev–Trinajstić information content (AvgIpc) is 2.88. The first-order chi connectivity index (χ1) is 10.5. The monoisotopic (exact) mass is 357 g/mol. The van der Waals surface area contributed by atoms with E-state index >= 15 is 0 Å². The molecule has 1 aliphatic carbocycles. The van der Waals surface area contributed by atoms with Crippen molar-refractivity contribution in [2.75, 3.05) is 0 Å². The van der Waals surface area contributed by atoms with Gasteiger partial charge in [-0.1, -0.05) is 40.9 Å². The van der Waals surface area contributed by atoms with Crippen molar-refractivity contribution in [2.24, 2.45) is 7.05 Å². The zero-order valence-electron chi connectivity index (χ0n) is 12.5. The molecule has 0 aliphatic heterocycles. The number of fused-ring (bicyclic) bond motifs is 1. The molecule has 0 unspecified atom stereocenters. The standard InChI is InChI=1S/C16H18Cl3N3/c1-9(10-6-7-12(17)16(19)15(10)18)21-13-4-3-5-14-11(13)8-20-22(14)2/h6-9,13,21H,3-5H2,1-2H3/t9-,13+/m0/s1. The van der Waals surface area contributed by atoms with Gasteiger partial charge in [-0.05, 0) is 37.8 Å². The Kier molecular flexibility index (Phi) is 4.69. The number of hydrogen-bond donors (Lipinski definition) is 1. The van der Waals surface area contributed by atoms with E-state index in [9.17, 15) is 0 Å². The van der Waals surface area contributed by atoms with E-state index in [1.807, 2.05) is 24.0 Å². The van der Waals surface area contributed by atoms with Gasteiger partial charge in [-0.15, -0.1) is 0 Å². The zero-order chi connectivity index (χ0) is 15.9. The maximum atomic E-state index is 6.34. The number of aryl methyl sites for hydroxylation is 1. The van der Waals surface area contributed by atoms with Crippen molar-refractivity contribution in [3.8, 4) is 0 Å². The lowest BCUT2D eigenvalue weighted by molar-refractivity contribution is 0.411.